The van der Waals surface area contributed by atoms with Crippen LogP contribution in [0.5, 0.6) is 23.0 Å². The first-order valence-electron chi connectivity index (χ1n) is 10.5. The van der Waals surface area contributed by atoms with Crippen molar-refractivity contribution in [1.29, 1.82) is 0 Å². The number of ether oxygens (including phenoxy) is 4. The third kappa shape index (κ3) is 4.08. The van der Waals surface area contributed by atoms with Crippen molar-refractivity contribution in [3.63, 3.8) is 0 Å². The van der Waals surface area contributed by atoms with Gasteiger partial charge in [0.05, 0.1) is 34.5 Å². The summed E-state index contributed by atoms with van der Waals surface area (Å²) >= 11 is 0. The fourth-order valence-electron chi connectivity index (χ4n) is 4.51. The standard InChI is InChI=1S/C25H30N2O4/c1-28-19-11-12-20(23(16-19)30-3)24-21-9-6-13-26(21)14-7-15-27(24)17-18-8-5-10-22(29-2)25(18)31-4/h5-6,8-13,16,24H,7,14-15,17H2,1-4H3. The first kappa shape index (κ1) is 21.1. The number of benzene rings is 2. The van der Waals surface area contributed by atoms with Gasteiger partial charge in [-0.3, -0.25) is 4.90 Å². The first-order valence-corrected chi connectivity index (χ1v) is 10.5. The summed E-state index contributed by atoms with van der Waals surface area (Å²) in [6.45, 7) is 2.66. The highest BCUT2D eigenvalue weighted by Crippen LogP contribution is 2.40. The van der Waals surface area contributed by atoms with Crippen molar-refractivity contribution in [2.24, 2.45) is 0 Å². The van der Waals surface area contributed by atoms with Gasteiger partial charge in [0.15, 0.2) is 11.5 Å². The van der Waals surface area contributed by atoms with Gasteiger partial charge in [-0.25, -0.2) is 0 Å². The smallest absolute Gasteiger partial charge is 0.165 e. The zero-order valence-corrected chi connectivity index (χ0v) is 18.6. The van der Waals surface area contributed by atoms with Gasteiger partial charge in [0.1, 0.15) is 11.5 Å². The molecule has 1 aromatic heterocycles. The largest absolute Gasteiger partial charge is 0.497 e. The maximum absolute atomic E-state index is 5.79. The molecule has 0 fully saturated rings. The molecule has 2 heterocycles. The second-order valence-corrected chi connectivity index (χ2v) is 7.61. The number of aryl methyl sites for hydroxylation is 1. The lowest BCUT2D eigenvalue weighted by atomic mass is 9.99. The molecule has 0 saturated heterocycles. The van der Waals surface area contributed by atoms with Gasteiger partial charge in [0.2, 0.25) is 0 Å². The second kappa shape index (κ2) is 9.35. The molecule has 4 rings (SSSR count). The van der Waals surface area contributed by atoms with Crippen molar-refractivity contribution in [2.75, 3.05) is 35.0 Å². The van der Waals surface area contributed by atoms with Crippen molar-refractivity contribution in [1.82, 2.24) is 9.47 Å². The Hall–Kier alpha value is -3.12. The van der Waals surface area contributed by atoms with Crippen LogP contribution in [-0.4, -0.2) is 44.5 Å². The Labute approximate surface area is 183 Å². The Morgan fingerprint density at radius 3 is 2.42 bits per heavy atom. The van der Waals surface area contributed by atoms with Gasteiger partial charge in [0.25, 0.3) is 0 Å². The van der Waals surface area contributed by atoms with Gasteiger partial charge < -0.3 is 23.5 Å². The normalized spacial score (nSPS) is 16.3. The van der Waals surface area contributed by atoms with E-state index in [1.807, 2.05) is 24.3 Å². The number of methoxy groups -OCH3 is 4. The maximum Gasteiger partial charge on any atom is 0.165 e. The van der Waals surface area contributed by atoms with Gasteiger partial charge >= 0.3 is 0 Å². The zero-order chi connectivity index (χ0) is 21.8. The molecule has 0 spiro atoms. The fraction of sp³-hybridized carbons (Fsp3) is 0.360. The topological polar surface area (TPSA) is 45.1 Å². The van der Waals surface area contributed by atoms with Crippen LogP contribution in [0.1, 0.15) is 29.3 Å². The average molecular weight is 423 g/mol. The molecule has 6 heteroatoms. The van der Waals surface area contributed by atoms with Gasteiger partial charge in [-0.2, -0.15) is 0 Å². The summed E-state index contributed by atoms with van der Waals surface area (Å²) in [6, 6.07) is 16.5. The summed E-state index contributed by atoms with van der Waals surface area (Å²) < 4.78 is 24.8. The van der Waals surface area contributed by atoms with Crippen LogP contribution >= 0.6 is 0 Å². The van der Waals surface area contributed by atoms with E-state index in [1.54, 1.807) is 28.4 Å². The van der Waals surface area contributed by atoms with E-state index in [0.717, 1.165) is 60.2 Å². The maximum atomic E-state index is 5.79. The van der Waals surface area contributed by atoms with Crippen LogP contribution in [0.2, 0.25) is 0 Å². The second-order valence-electron chi connectivity index (χ2n) is 7.61. The van der Waals surface area contributed by atoms with E-state index in [1.165, 1.54) is 5.69 Å². The van der Waals surface area contributed by atoms with E-state index < -0.39 is 0 Å². The predicted molar refractivity (Wildman–Crippen MR) is 120 cm³/mol. The van der Waals surface area contributed by atoms with E-state index in [-0.39, 0.29) is 6.04 Å². The summed E-state index contributed by atoms with van der Waals surface area (Å²) in [5.74, 6) is 3.13. The lowest BCUT2D eigenvalue weighted by Crippen LogP contribution is -2.30. The Balaban J connectivity index is 1.80. The number of hydrogen-bond donors (Lipinski definition) is 0. The number of fused-ring (bicyclic) bond motifs is 1. The SMILES string of the molecule is COc1ccc(C2c3cccn3CCCN2Cc2cccc(OC)c2OC)c(OC)c1. The average Bonchev–Trinajstić information content (AvgIpc) is 3.20. The number of hydrogen-bond acceptors (Lipinski definition) is 5. The molecule has 2 aromatic carbocycles. The van der Waals surface area contributed by atoms with Crippen LogP contribution in [0, 0.1) is 0 Å². The molecule has 0 amide bonds. The molecule has 3 aromatic rings. The van der Waals surface area contributed by atoms with Crippen molar-refractivity contribution in [3.05, 3.63) is 71.5 Å². The minimum Gasteiger partial charge on any atom is -0.497 e. The van der Waals surface area contributed by atoms with Crippen LogP contribution in [0.15, 0.2) is 54.7 Å². The molecule has 1 atom stereocenters. The molecule has 0 saturated carbocycles. The monoisotopic (exact) mass is 422 g/mol. The number of nitrogens with zero attached hydrogens (tertiary/aromatic N) is 2. The molecule has 1 unspecified atom stereocenters. The third-order valence-electron chi connectivity index (χ3n) is 5.95. The Bertz CT molecular complexity index is 1030. The Morgan fingerprint density at radius 2 is 1.68 bits per heavy atom. The highest BCUT2D eigenvalue weighted by atomic mass is 16.5. The fourth-order valence-corrected chi connectivity index (χ4v) is 4.51. The van der Waals surface area contributed by atoms with Crippen molar-refractivity contribution in [3.8, 4) is 23.0 Å². The first-order chi connectivity index (χ1) is 15.2. The van der Waals surface area contributed by atoms with E-state index in [0.29, 0.717) is 0 Å². The molecule has 0 radical (unpaired) electrons. The van der Waals surface area contributed by atoms with Gasteiger partial charge in [0, 0.05) is 48.7 Å². The predicted octanol–water partition coefficient (Wildman–Crippen LogP) is 4.52. The molecule has 164 valence electrons. The summed E-state index contributed by atoms with van der Waals surface area (Å²) in [5.41, 5.74) is 3.47. The molecular formula is C25H30N2O4. The zero-order valence-electron chi connectivity index (χ0n) is 18.6. The quantitative estimate of drug-likeness (QED) is 0.560. The number of aromatic nitrogens is 1. The van der Waals surface area contributed by atoms with Crippen molar-refractivity contribution < 1.29 is 18.9 Å². The Morgan fingerprint density at radius 1 is 0.839 bits per heavy atom. The van der Waals surface area contributed by atoms with Crippen LogP contribution in [0.25, 0.3) is 0 Å². The molecular weight excluding hydrogens is 392 g/mol. The molecule has 0 aliphatic carbocycles. The summed E-state index contributed by atoms with van der Waals surface area (Å²) in [4.78, 5) is 2.49. The molecule has 31 heavy (non-hydrogen) atoms. The molecule has 1 aliphatic heterocycles. The highest BCUT2D eigenvalue weighted by Gasteiger charge is 2.30. The number of para-hydroxylation sites is 1. The lowest BCUT2D eigenvalue weighted by molar-refractivity contribution is 0.212. The van der Waals surface area contributed by atoms with Crippen molar-refractivity contribution in [2.45, 2.75) is 25.6 Å². The number of rotatable bonds is 7. The van der Waals surface area contributed by atoms with Gasteiger partial charge in [-0.05, 0) is 36.8 Å². The van der Waals surface area contributed by atoms with Crippen molar-refractivity contribution >= 4 is 0 Å². The van der Waals surface area contributed by atoms with E-state index >= 15 is 0 Å². The van der Waals surface area contributed by atoms with Crippen LogP contribution in [0.4, 0.5) is 0 Å². The molecule has 0 bridgehead atoms. The summed E-state index contributed by atoms with van der Waals surface area (Å²) in [5, 5.41) is 0. The molecule has 6 nitrogen and oxygen atoms in total. The molecule has 0 N–H and O–H groups in total. The minimum atomic E-state index is 0.0364. The summed E-state index contributed by atoms with van der Waals surface area (Å²) in [6.07, 6.45) is 3.22. The van der Waals surface area contributed by atoms with Gasteiger partial charge in [-0.1, -0.05) is 12.1 Å². The van der Waals surface area contributed by atoms with Gasteiger partial charge in [-0.15, -0.1) is 0 Å². The lowest BCUT2D eigenvalue weighted by Gasteiger charge is -2.32. The molecule has 1 aliphatic rings. The highest BCUT2D eigenvalue weighted by molar-refractivity contribution is 5.48. The Kier molecular flexibility index (Phi) is 6.37. The van der Waals surface area contributed by atoms with E-state index in [2.05, 4.69) is 39.9 Å². The summed E-state index contributed by atoms with van der Waals surface area (Å²) in [7, 11) is 6.75. The third-order valence-corrected chi connectivity index (χ3v) is 5.95. The van der Waals surface area contributed by atoms with E-state index in [4.69, 9.17) is 18.9 Å². The van der Waals surface area contributed by atoms with Crippen LogP contribution < -0.4 is 18.9 Å². The minimum absolute atomic E-state index is 0.0364. The van der Waals surface area contributed by atoms with Crippen LogP contribution in [0.3, 0.4) is 0 Å². The van der Waals surface area contributed by atoms with Crippen LogP contribution in [-0.2, 0) is 13.1 Å². The van der Waals surface area contributed by atoms with E-state index in [9.17, 15) is 0 Å².